The normalized spacial score (nSPS) is 19.4. The van der Waals surface area contributed by atoms with Crippen molar-refractivity contribution in [3.63, 3.8) is 0 Å². The predicted octanol–water partition coefficient (Wildman–Crippen LogP) is 2.98. The van der Waals surface area contributed by atoms with Crippen LogP contribution in [0.25, 0.3) is 0 Å². The zero-order valence-corrected chi connectivity index (χ0v) is 10.9. The molecule has 4 heteroatoms. The van der Waals surface area contributed by atoms with Crippen molar-refractivity contribution in [2.45, 2.75) is 25.5 Å². The zero-order valence-electron chi connectivity index (χ0n) is 10.1. The van der Waals surface area contributed by atoms with E-state index < -0.39 is 0 Å². The molecule has 0 fully saturated rings. The van der Waals surface area contributed by atoms with Gasteiger partial charge in [-0.1, -0.05) is 18.2 Å². The van der Waals surface area contributed by atoms with Crippen LogP contribution in [0.2, 0.25) is 0 Å². The maximum atomic E-state index is 10.1. The van der Waals surface area contributed by atoms with E-state index >= 15 is 0 Å². The summed E-state index contributed by atoms with van der Waals surface area (Å²) in [5.41, 5.74) is 4.09. The lowest BCUT2D eigenvalue weighted by Gasteiger charge is -2.24. The van der Waals surface area contributed by atoms with E-state index in [0.717, 1.165) is 37.2 Å². The van der Waals surface area contributed by atoms with Crippen molar-refractivity contribution < 1.29 is 5.11 Å². The highest BCUT2D eigenvalue weighted by Crippen LogP contribution is 2.33. The van der Waals surface area contributed by atoms with Gasteiger partial charge in [0, 0.05) is 28.9 Å². The van der Waals surface area contributed by atoms with Crippen molar-refractivity contribution in [1.82, 2.24) is 4.98 Å². The van der Waals surface area contributed by atoms with E-state index in [9.17, 15) is 5.11 Å². The van der Waals surface area contributed by atoms with Crippen LogP contribution in [0.1, 0.15) is 29.4 Å². The van der Waals surface area contributed by atoms with Gasteiger partial charge in [0.15, 0.2) is 0 Å². The van der Waals surface area contributed by atoms with Gasteiger partial charge in [0.05, 0.1) is 18.2 Å². The molecular weight excluding hydrogens is 244 g/mol. The zero-order chi connectivity index (χ0) is 12.4. The molecule has 1 aromatic heterocycles. The monoisotopic (exact) mass is 260 g/mol. The molecule has 0 spiro atoms. The number of hydrogen-bond donors (Lipinski definition) is 1. The molecule has 2 aromatic rings. The second-order valence-corrected chi connectivity index (χ2v) is 5.58. The third-order valence-corrected chi connectivity index (χ3v) is 4.14. The number of anilines is 1. The van der Waals surface area contributed by atoms with Gasteiger partial charge in [-0.3, -0.25) is 4.98 Å². The Hall–Kier alpha value is -1.39. The van der Waals surface area contributed by atoms with Gasteiger partial charge < -0.3 is 10.0 Å². The molecule has 1 aliphatic rings. The van der Waals surface area contributed by atoms with Crippen LogP contribution < -0.4 is 4.90 Å². The highest BCUT2D eigenvalue weighted by Gasteiger charge is 2.21. The molecule has 1 unspecified atom stereocenters. The summed E-state index contributed by atoms with van der Waals surface area (Å²) in [5.74, 6) is 0. The minimum absolute atomic E-state index is 0.326. The van der Waals surface area contributed by atoms with E-state index in [2.05, 4.69) is 16.0 Å². The van der Waals surface area contributed by atoms with Crippen LogP contribution in [-0.2, 0) is 6.54 Å². The highest BCUT2D eigenvalue weighted by molar-refractivity contribution is 7.09. The number of nitrogens with zero attached hydrogens (tertiary/aromatic N) is 2. The fourth-order valence-electron chi connectivity index (χ4n) is 2.48. The number of aliphatic hydroxyl groups excluding tert-OH is 1. The molecule has 0 aliphatic carbocycles. The fraction of sp³-hybridized carbons (Fsp3) is 0.357. The third-order valence-electron chi connectivity index (χ3n) is 3.37. The number of thiazole rings is 1. The lowest BCUT2D eigenvalue weighted by atomic mass is 10.0. The number of rotatable bonds is 2. The first-order valence-electron chi connectivity index (χ1n) is 6.24. The summed E-state index contributed by atoms with van der Waals surface area (Å²) in [6.45, 7) is 1.88. The molecule has 1 aliphatic heterocycles. The first-order chi connectivity index (χ1) is 8.84. The Kier molecular flexibility index (Phi) is 3.30. The van der Waals surface area contributed by atoms with E-state index in [1.54, 1.807) is 11.3 Å². The molecule has 1 N–H and O–H groups in total. The molecule has 18 heavy (non-hydrogen) atoms. The van der Waals surface area contributed by atoms with Crippen LogP contribution in [0.15, 0.2) is 36.0 Å². The summed E-state index contributed by atoms with van der Waals surface area (Å²) < 4.78 is 0. The summed E-state index contributed by atoms with van der Waals surface area (Å²) in [7, 11) is 0. The van der Waals surface area contributed by atoms with Gasteiger partial charge in [0.2, 0.25) is 0 Å². The standard InChI is InChI=1S/C14H16N2OS/c17-14-6-3-7-16(9-11-8-15-10-18-11)13-5-2-1-4-12(13)14/h1-2,4-5,8,10,14,17H,3,6-7,9H2. The Morgan fingerprint density at radius 1 is 1.39 bits per heavy atom. The van der Waals surface area contributed by atoms with Crippen molar-refractivity contribution in [1.29, 1.82) is 0 Å². The SMILES string of the molecule is OC1CCCN(Cc2cncs2)c2ccccc21. The van der Waals surface area contributed by atoms with Crippen molar-refractivity contribution in [2.75, 3.05) is 11.4 Å². The molecule has 0 amide bonds. The number of aromatic nitrogens is 1. The van der Waals surface area contributed by atoms with Crippen molar-refractivity contribution in [3.8, 4) is 0 Å². The molecule has 0 radical (unpaired) electrons. The van der Waals surface area contributed by atoms with Crippen LogP contribution in [0, 0.1) is 0 Å². The van der Waals surface area contributed by atoms with Gasteiger partial charge in [-0.15, -0.1) is 11.3 Å². The molecule has 0 saturated heterocycles. The van der Waals surface area contributed by atoms with E-state index in [4.69, 9.17) is 0 Å². The largest absolute Gasteiger partial charge is 0.388 e. The Balaban J connectivity index is 1.92. The second kappa shape index (κ2) is 5.08. The van der Waals surface area contributed by atoms with Crippen LogP contribution in [0.3, 0.4) is 0 Å². The number of benzene rings is 1. The summed E-state index contributed by atoms with van der Waals surface area (Å²) in [4.78, 5) is 7.74. The average Bonchev–Trinajstić information content (AvgIpc) is 2.85. The highest BCUT2D eigenvalue weighted by atomic mass is 32.1. The molecule has 3 rings (SSSR count). The van der Waals surface area contributed by atoms with E-state index in [1.807, 2.05) is 29.9 Å². The minimum Gasteiger partial charge on any atom is -0.388 e. The number of aliphatic hydroxyl groups is 1. The number of hydrogen-bond acceptors (Lipinski definition) is 4. The summed E-state index contributed by atoms with van der Waals surface area (Å²) >= 11 is 1.68. The Morgan fingerprint density at radius 2 is 2.28 bits per heavy atom. The summed E-state index contributed by atoms with van der Waals surface area (Å²) in [6, 6.07) is 8.17. The average molecular weight is 260 g/mol. The van der Waals surface area contributed by atoms with Crippen molar-refractivity contribution in [2.24, 2.45) is 0 Å². The molecule has 1 atom stereocenters. The third kappa shape index (κ3) is 2.26. The quantitative estimate of drug-likeness (QED) is 0.902. The first-order valence-corrected chi connectivity index (χ1v) is 7.12. The minimum atomic E-state index is -0.326. The van der Waals surface area contributed by atoms with Gasteiger partial charge in [-0.2, -0.15) is 0 Å². The Bertz CT molecular complexity index is 512. The first kappa shape index (κ1) is 11.7. The fourth-order valence-corrected chi connectivity index (χ4v) is 3.09. The lowest BCUT2D eigenvalue weighted by Crippen LogP contribution is -2.22. The maximum Gasteiger partial charge on any atom is 0.0810 e. The molecule has 3 nitrogen and oxygen atoms in total. The van der Waals surface area contributed by atoms with Crippen LogP contribution in [0.5, 0.6) is 0 Å². The van der Waals surface area contributed by atoms with Gasteiger partial charge in [0.25, 0.3) is 0 Å². The molecule has 1 aromatic carbocycles. The van der Waals surface area contributed by atoms with Crippen molar-refractivity contribution >= 4 is 17.0 Å². The Labute approximate surface area is 111 Å². The Morgan fingerprint density at radius 3 is 3.11 bits per heavy atom. The van der Waals surface area contributed by atoms with Gasteiger partial charge >= 0.3 is 0 Å². The summed E-state index contributed by atoms with van der Waals surface area (Å²) in [5, 5.41) is 10.1. The number of fused-ring (bicyclic) bond motifs is 1. The predicted molar refractivity (Wildman–Crippen MR) is 73.8 cm³/mol. The van der Waals surface area contributed by atoms with Crippen molar-refractivity contribution in [3.05, 3.63) is 46.4 Å². The molecule has 0 saturated carbocycles. The second-order valence-electron chi connectivity index (χ2n) is 4.61. The summed E-state index contributed by atoms with van der Waals surface area (Å²) in [6.07, 6.45) is 3.46. The molecule has 0 bridgehead atoms. The topological polar surface area (TPSA) is 36.4 Å². The van der Waals surface area contributed by atoms with Gasteiger partial charge in [-0.25, -0.2) is 0 Å². The maximum absolute atomic E-state index is 10.1. The molecular formula is C14H16N2OS. The number of para-hydroxylation sites is 1. The smallest absolute Gasteiger partial charge is 0.0810 e. The molecule has 2 heterocycles. The van der Waals surface area contributed by atoms with Crippen LogP contribution in [0.4, 0.5) is 5.69 Å². The van der Waals surface area contributed by atoms with Gasteiger partial charge in [-0.05, 0) is 18.9 Å². The van der Waals surface area contributed by atoms with E-state index in [-0.39, 0.29) is 6.10 Å². The van der Waals surface area contributed by atoms with Crippen LogP contribution >= 0.6 is 11.3 Å². The lowest BCUT2D eigenvalue weighted by molar-refractivity contribution is 0.168. The van der Waals surface area contributed by atoms with E-state index in [0.29, 0.717) is 0 Å². The van der Waals surface area contributed by atoms with Crippen LogP contribution in [-0.4, -0.2) is 16.6 Å². The molecule has 94 valence electrons. The van der Waals surface area contributed by atoms with E-state index in [1.165, 1.54) is 4.88 Å². The van der Waals surface area contributed by atoms with Gasteiger partial charge in [0.1, 0.15) is 0 Å².